The maximum absolute atomic E-state index is 12.5. The number of hydrogen-bond donors (Lipinski definition) is 3. The molecule has 0 aliphatic heterocycles. The molecule has 1 aromatic heterocycles. The minimum atomic E-state index is -0.453. The molecule has 2 amide bonds. The van der Waals surface area contributed by atoms with E-state index in [2.05, 4.69) is 29.6 Å². The summed E-state index contributed by atoms with van der Waals surface area (Å²) in [5.74, 6) is 0.158. The van der Waals surface area contributed by atoms with Crippen molar-refractivity contribution in [1.29, 1.82) is 0 Å². The summed E-state index contributed by atoms with van der Waals surface area (Å²) in [5.41, 5.74) is 5.84. The molecule has 2 rings (SSSR count). The molecule has 146 valence electrons. The van der Waals surface area contributed by atoms with Crippen molar-refractivity contribution in [3.8, 4) is 0 Å². The van der Waals surface area contributed by atoms with Gasteiger partial charge in [0.2, 0.25) is 5.91 Å². The highest BCUT2D eigenvalue weighted by atomic mass is 16.2. The smallest absolute Gasteiger partial charge is 0.254 e. The van der Waals surface area contributed by atoms with Crippen molar-refractivity contribution in [2.24, 2.45) is 11.7 Å². The lowest BCUT2D eigenvalue weighted by atomic mass is 9.90. The molecule has 4 N–H and O–H groups in total. The second kappa shape index (κ2) is 9.16. The van der Waals surface area contributed by atoms with Gasteiger partial charge < -0.3 is 16.4 Å². The first-order chi connectivity index (χ1) is 12.3. The Hall–Kier alpha value is -1.89. The summed E-state index contributed by atoms with van der Waals surface area (Å²) in [6, 6.07) is 0.274. The molecule has 7 nitrogen and oxygen atoms in total. The van der Waals surface area contributed by atoms with E-state index in [-0.39, 0.29) is 24.4 Å². The van der Waals surface area contributed by atoms with Gasteiger partial charge in [0.1, 0.15) is 6.54 Å². The normalized spacial score (nSPS) is 17.7. The SMILES string of the molecule is CC(C)CC(C)(CN)NC(=O)c1cnn(CC(=O)NC2CCCCC2)c1. The van der Waals surface area contributed by atoms with E-state index in [1.165, 1.54) is 30.1 Å². The maximum Gasteiger partial charge on any atom is 0.254 e. The van der Waals surface area contributed by atoms with Crippen molar-refractivity contribution in [2.75, 3.05) is 6.54 Å². The van der Waals surface area contributed by atoms with Crippen LogP contribution in [0.25, 0.3) is 0 Å². The number of nitrogens with two attached hydrogens (primary N) is 1. The highest BCUT2D eigenvalue weighted by molar-refractivity contribution is 5.94. The topological polar surface area (TPSA) is 102 Å². The van der Waals surface area contributed by atoms with Crippen LogP contribution >= 0.6 is 0 Å². The minimum Gasteiger partial charge on any atom is -0.352 e. The highest BCUT2D eigenvalue weighted by Gasteiger charge is 2.27. The lowest BCUT2D eigenvalue weighted by Crippen LogP contribution is -2.52. The first-order valence-electron chi connectivity index (χ1n) is 9.66. The molecular formula is C19H33N5O2. The number of nitrogens with one attached hydrogen (secondary N) is 2. The van der Waals surface area contributed by atoms with Gasteiger partial charge in [-0.15, -0.1) is 0 Å². The van der Waals surface area contributed by atoms with E-state index in [0.717, 1.165) is 19.3 Å². The van der Waals surface area contributed by atoms with E-state index in [1.54, 1.807) is 6.20 Å². The van der Waals surface area contributed by atoms with Crippen molar-refractivity contribution in [3.63, 3.8) is 0 Å². The van der Waals surface area contributed by atoms with Crippen LogP contribution in [0.4, 0.5) is 0 Å². The molecule has 1 fully saturated rings. The number of hydrogen-bond acceptors (Lipinski definition) is 4. The number of carbonyl (C=O) groups excluding carboxylic acids is 2. The van der Waals surface area contributed by atoms with E-state index in [0.29, 0.717) is 18.0 Å². The molecule has 7 heteroatoms. The van der Waals surface area contributed by atoms with Crippen LogP contribution in [0.2, 0.25) is 0 Å². The molecule has 0 bridgehead atoms. The molecular weight excluding hydrogens is 330 g/mol. The lowest BCUT2D eigenvalue weighted by molar-refractivity contribution is -0.122. The van der Waals surface area contributed by atoms with Crippen LogP contribution in [0.5, 0.6) is 0 Å². The standard InChI is InChI=1S/C19H33N5O2/c1-14(2)9-19(3,13-20)23-18(26)15-10-21-24(11-15)12-17(25)22-16-7-5-4-6-8-16/h10-11,14,16H,4-9,12-13,20H2,1-3H3,(H,22,25)(H,23,26). The molecule has 1 unspecified atom stereocenters. The van der Waals surface area contributed by atoms with Gasteiger partial charge in [0.15, 0.2) is 0 Å². The zero-order chi connectivity index (χ0) is 19.2. The Morgan fingerprint density at radius 1 is 1.35 bits per heavy atom. The van der Waals surface area contributed by atoms with Gasteiger partial charge >= 0.3 is 0 Å². The Balaban J connectivity index is 1.89. The molecule has 1 saturated carbocycles. The summed E-state index contributed by atoms with van der Waals surface area (Å²) >= 11 is 0. The van der Waals surface area contributed by atoms with E-state index in [4.69, 9.17) is 5.73 Å². The van der Waals surface area contributed by atoms with Crippen molar-refractivity contribution in [3.05, 3.63) is 18.0 Å². The number of amides is 2. The van der Waals surface area contributed by atoms with Crippen LogP contribution in [-0.4, -0.2) is 39.7 Å². The fraction of sp³-hybridized carbons (Fsp3) is 0.737. The average molecular weight is 364 g/mol. The molecule has 1 aliphatic carbocycles. The van der Waals surface area contributed by atoms with Gasteiger partial charge in [-0.25, -0.2) is 0 Å². The molecule has 26 heavy (non-hydrogen) atoms. The number of carbonyl (C=O) groups is 2. The summed E-state index contributed by atoms with van der Waals surface area (Å²) in [6.45, 7) is 6.65. The zero-order valence-electron chi connectivity index (χ0n) is 16.3. The number of nitrogens with zero attached hydrogens (tertiary/aromatic N) is 2. The summed E-state index contributed by atoms with van der Waals surface area (Å²) in [6.07, 6.45) is 9.60. The minimum absolute atomic E-state index is 0.0569. The van der Waals surface area contributed by atoms with Crippen molar-refractivity contribution in [1.82, 2.24) is 20.4 Å². The van der Waals surface area contributed by atoms with Crippen LogP contribution in [0.1, 0.15) is 69.7 Å². The highest BCUT2D eigenvalue weighted by Crippen LogP contribution is 2.18. The summed E-state index contributed by atoms with van der Waals surface area (Å²) in [7, 11) is 0. The molecule has 1 atom stereocenters. The van der Waals surface area contributed by atoms with Gasteiger partial charge in [0.05, 0.1) is 11.8 Å². The molecule has 0 aromatic carbocycles. The molecule has 0 spiro atoms. The van der Waals surface area contributed by atoms with Gasteiger partial charge in [-0.2, -0.15) is 5.10 Å². The molecule has 1 aliphatic rings. The maximum atomic E-state index is 12.5. The Morgan fingerprint density at radius 2 is 2.04 bits per heavy atom. The monoisotopic (exact) mass is 363 g/mol. The van der Waals surface area contributed by atoms with Crippen molar-refractivity contribution in [2.45, 2.75) is 77.4 Å². The predicted molar refractivity (Wildman–Crippen MR) is 102 cm³/mol. The predicted octanol–water partition coefficient (Wildman–Crippen LogP) is 1.83. The molecule has 1 heterocycles. The number of aromatic nitrogens is 2. The van der Waals surface area contributed by atoms with E-state index in [9.17, 15) is 9.59 Å². The quantitative estimate of drug-likeness (QED) is 0.655. The van der Waals surface area contributed by atoms with Gasteiger partial charge in [0, 0.05) is 24.3 Å². The third-order valence-electron chi connectivity index (χ3n) is 4.90. The van der Waals surface area contributed by atoms with Crippen LogP contribution in [0.15, 0.2) is 12.4 Å². The molecule has 0 radical (unpaired) electrons. The summed E-state index contributed by atoms with van der Waals surface area (Å²) < 4.78 is 1.51. The van der Waals surface area contributed by atoms with Crippen molar-refractivity contribution >= 4 is 11.8 Å². The third kappa shape index (κ3) is 6.12. The second-order valence-corrected chi connectivity index (χ2v) is 8.15. The van der Waals surface area contributed by atoms with Crippen LogP contribution < -0.4 is 16.4 Å². The fourth-order valence-electron chi connectivity index (χ4n) is 3.67. The Kier molecular flexibility index (Phi) is 7.20. The van der Waals surface area contributed by atoms with Crippen LogP contribution in [0.3, 0.4) is 0 Å². The third-order valence-corrected chi connectivity index (χ3v) is 4.90. The molecule has 0 saturated heterocycles. The van der Waals surface area contributed by atoms with Gasteiger partial charge in [-0.1, -0.05) is 33.1 Å². The van der Waals surface area contributed by atoms with Crippen LogP contribution in [0, 0.1) is 5.92 Å². The zero-order valence-corrected chi connectivity index (χ0v) is 16.3. The molecule has 1 aromatic rings. The summed E-state index contributed by atoms with van der Waals surface area (Å²) in [4.78, 5) is 24.7. The second-order valence-electron chi connectivity index (χ2n) is 8.15. The van der Waals surface area contributed by atoms with E-state index < -0.39 is 5.54 Å². The Bertz CT molecular complexity index is 607. The van der Waals surface area contributed by atoms with Gasteiger partial charge in [-0.3, -0.25) is 14.3 Å². The Morgan fingerprint density at radius 3 is 2.65 bits per heavy atom. The van der Waals surface area contributed by atoms with Gasteiger partial charge in [0.25, 0.3) is 5.91 Å². The first-order valence-corrected chi connectivity index (χ1v) is 9.66. The first kappa shape index (κ1) is 20.4. The average Bonchev–Trinajstić information content (AvgIpc) is 3.03. The lowest BCUT2D eigenvalue weighted by Gasteiger charge is -2.31. The van der Waals surface area contributed by atoms with Crippen molar-refractivity contribution < 1.29 is 9.59 Å². The summed E-state index contributed by atoms with van der Waals surface area (Å²) in [5, 5.41) is 10.2. The largest absolute Gasteiger partial charge is 0.352 e. The van der Waals surface area contributed by atoms with E-state index in [1.807, 2.05) is 6.92 Å². The van der Waals surface area contributed by atoms with Crippen LogP contribution in [-0.2, 0) is 11.3 Å². The Labute approximate surface area is 156 Å². The fourth-order valence-corrected chi connectivity index (χ4v) is 3.67. The van der Waals surface area contributed by atoms with E-state index >= 15 is 0 Å². The number of rotatable bonds is 8. The van der Waals surface area contributed by atoms with Gasteiger partial charge in [-0.05, 0) is 32.1 Å².